The van der Waals surface area contributed by atoms with Crippen LogP contribution in [0.5, 0.6) is 5.75 Å². The molecule has 5 rings (SSSR count). The van der Waals surface area contributed by atoms with Crippen molar-refractivity contribution in [3.8, 4) is 5.75 Å². The minimum atomic E-state index is 0.00472. The van der Waals surface area contributed by atoms with E-state index in [9.17, 15) is 4.79 Å². The summed E-state index contributed by atoms with van der Waals surface area (Å²) in [4.78, 5) is 19.6. The number of rotatable bonds is 6. The molecular formula is C27H26ClN3O2. The van der Waals surface area contributed by atoms with Crippen molar-refractivity contribution in [3.05, 3.63) is 88.7 Å². The van der Waals surface area contributed by atoms with Gasteiger partial charge in [0.1, 0.15) is 18.2 Å². The molecule has 1 saturated heterocycles. The first-order valence-corrected chi connectivity index (χ1v) is 11.6. The number of carbonyl (C=O) groups is 1. The Bertz CT molecular complexity index is 1310. The number of hydrogen-bond donors (Lipinski definition) is 0. The van der Waals surface area contributed by atoms with Crippen LogP contribution in [0.3, 0.4) is 0 Å². The fraction of sp³-hybridized carbons (Fsp3) is 0.259. The Hall–Kier alpha value is -3.31. The zero-order valence-corrected chi connectivity index (χ0v) is 19.5. The number of imidazole rings is 1. The molecule has 1 aliphatic rings. The number of aromatic nitrogens is 2. The zero-order valence-electron chi connectivity index (χ0n) is 18.8. The Morgan fingerprint density at radius 1 is 1.03 bits per heavy atom. The number of benzene rings is 3. The van der Waals surface area contributed by atoms with Crippen LogP contribution >= 0.6 is 11.6 Å². The number of fused-ring (bicyclic) bond motifs is 1. The summed E-state index contributed by atoms with van der Waals surface area (Å²) in [5.41, 5.74) is 5.20. The Morgan fingerprint density at radius 3 is 2.61 bits per heavy atom. The van der Waals surface area contributed by atoms with Crippen LogP contribution in [0.2, 0.25) is 5.02 Å². The van der Waals surface area contributed by atoms with Gasteiger partial charge in [-0.15, -0.1) is 0 Å². The number of aryl methyl sites for hydroxylation is 2. The van der Waals surface area contributed by atoms with Crippen LogP contribution in [0.25, 0.3) is 11.0 Å². The average molecular weight is 460 g/mol. The van der Waals surface area contributed by atoms with Crippen LogP contribution in [0.4, 0.5) is 5.69 Å². The maximum Gasteiger partial charge on any atom is 0.227 e. The molecule has 6 heteroatoms. The maximum absolute atomic E-state index is 12.9. The number of nitrogens with zero attached hydrogens (tertiary/aromatic N) is 3. The van der Waals surface area contributed by atoms with Gasteiger partial charge in [-0.25, -0.2) is 4.98 Å². The summed E-state index contributed by atoms with van der Waals surface area (Å²) in [6.07, 6.45) is 0.424. The number of halogens is 1. The highest BCUT2D eigenvalue weighted by atomic mass is 35.5. The molecule has 5 nitrogen and oxygen atoms in total. The fourth-order valence-electron chi connectivity index (χ4n) is 4.69. The number of hydrogen-bond acceptors (Lipinski definition) is 3. The molecule has 0 bridgehead atoms. The highest BCUT2D eigenvalue weighted by Gasteiger charge is 2.34. The zero-order chi connectivity index (χ0) is 22.9. The monoisotopic (exact) mass is 459 g/mol. The van der Waals surface area contributed by atoms with E-state index in [4.69, 9.17) is 21.3 Å². The molecule has 0 unspecified atom stereocenters. The van der Waals surface area contributed by atoms with Gasteiger partial charge < -0.3 is 14.2 Å². The summed E-state index contributed by atoms with van der Waals surface area (Å²) in [6.45, 7) is 5.91. The molecule has 1 atom stereocenters. The van der Waals surface area contributed by atoms with Crippen molar-refractivity contribution in [2.45, 2.75) is 32.7 Å². The van der Waals surface area contributed by atoms with E-state index in [1.807, 2.05) is 47.4 Å². The van der Waals surface area contributed by atoms with Crippen molar-refractivity contribution in [2.75, 3.05) is 18.1 Å². The van der Waals surface area contributed by atoms with Gasteiger partial charge in [-0.05, 0) is 67.4 Å². The van der Waals surface area contributed by atoms with Crippen molar-refractivity contribution >= 4 is 34.2 Å². The van der Waals surface area contributed by atoms with Gasteiger partial charge in [-0.2, -0.15) is 0 Å². The van der Waals surface area contributed by atoms with Gasteiger partial charge in [0.2, 0.25) is 5.91 Å². The Kier molecular flexibility index (Phi) is 5.81. The molecule has 0 aliphatic carbocycles. The molecule has 1 amide bonds. The molecule has 0 spiro atoms. The lowest BCUT2D eigenvalue weighted by Crippen LogP contribution is -2.24. The first-order chi connectivity index (χ1) is 16.0. The molecule has 33 heavy (non-hydrogen) atoms. The summed E-state index contributed by atoms with van der Waals surface area (Å²) in [5.74, 6) is 1.90. The smallest absolute Gasteiger partial charge is 0.227 e. The summed E-state index contributed by atoms with van der Waals surface area (Å²) in [7, 11) is 0. The molecule has 0 N–H and O–H groups in total. The molecule has 1 aliphatic heterocycles. The van der Waals surface area contributed by atoms with Crippen LogP contribution in [0, 0.1) is 13.8 Å². The van der Waals surface area contributed by atoms with Gasteiger partial charge in [0.05, 0.1) is 17.6 Å². The van der Waals surface area contributed by atoms with Crippen molar-refractivity contribution in [1.82, 2.24) is 9.55 Å². The van der Waals surface area contributed by atoms with Gasteiger partial charge in [0.15, 0.2) is 0 Å². The Morgan fingerprint density at radius 2 is 1.82 bits per heavy atom. The van der Waals surface area contributed by atoms with E-state index >= 15 is 0 Å². The van der Waals surface area contributed by atoms with E-state index in [2.05, 4.69) is 42.7 Å². The van der Waals surface area contributed by atoms with Crippen molar-refractivity contribution in [1.29, 1.82) is 0 Å². The van der Waals surface area contributed by atoms with Gasteiger partial charge in [0, 0.05) is 29.6 Å². The highest BCUT2D eigenvalue weighted by molar-refractivity contribution is 6.30. The second-order valence-electron chi connectivity index (χ2n) is 8.67. The van der Waals surface area contributed by atoms with Crippen LogP contribution < -0.4 is 9.64 Å². The molecule has 0 saturated carbocycles. The lowest BCUT2D eigenvalue weighted by atomic mass is 10.1. The maximum atomic E-state index is 12.9. The van der Waals surface area contributed by atoms with Crippen LogP contribution in [0.15, 0.2) is 66.7 Å². The van der Waals surface area contributed by atoms with Crippen molar-refractivity contribution in [2.24, 2.45) is 0 Å². The Balaban J connectivity index is 1.40. The largest absolute Gasteiger partial charge is 0.492 e. The number of amides is 1. The van der Waals surface area contributed by atoms with E-state index in [0.717, 1.165) is 28.3 Å². The number of anilines is 1. The number of carbonyl (C=O) groups excluding carboxylic acids is 1. The van der Waals surface area contributed by atoms with E-state index < -0.39 is 0 Å². The summed E-state index contributed by atoms with van der Waals surface area (Å²) >= 11 is 6.16. The van der Waals surface area contributed by atoms with Crippen molar-refractivity contribution < 1.29 is 9.53 Å². The lowest BCUT2D eigenvalue weighted by Gasteiger charge is -2.18. The molecule has 1 fully saturated rings. The van der Waals surface area contributed by atoms with E-state index in [-0.39, 0.29) is 11.8 Å². The molecule has 1 aromatic heterocycles. The van der Waals surface area contributed by atoms with Gasteiger partial charge in [-0.3, -0.25) is 4.79 Å². The number of ether oxygens (including phenoxy) is 1. The average Bonchev–Trinajstić information content (AvgIpc) is 3.34. The van der Waals surface area contributed by atoms with Crippen LogP contribution in [-0.4, -0.2) is 28.6 Å². The first kappa shape index (κ1) is 21.5. The molecule has 3 aromatic carbocycles. The minimum Gasteiger partial charge on any atom is -0.492 e. The molecule has 2 heterocycles. The third-order valence-electron chi connectivity index (χ3n) is 6.07. The van der Waals surface area contributed by atoms with E-state index in [0.29, 0.717) is 31.1 Å². The summed E-state index contributed by atoms with van der Waals surface area (Å²) < 4.78 is 8.30. The minimum absolute atomic E-state index is 0.00472. The summed E-state index contributed by atoms with van der Waals surface area (Å²) in [5, 5.41) is 0.625. The number of para-hydroxylation sites is 2. The second-order valence-corrected chi connectivity index (χ2v) is 9.10. The van der Waals surface area contributed by atoms with Crippen molar-refractivity contribution in [3.63, 3.8) is 0 Å². The standard InChI is InChI=1S/C27H26ClN3O2/c1-18-12-19(2)14-23(13-18)33-11-10-30-25-9-4-3-8-24(25)29-27(30)20-15-26(32)31(17-20)22-7-5-6-21(28)16-22/h3-9,12-14,16,20H,10-11,15,17H2,1-2H3/t20-/m1/s1. The fourth-order valence-corrected chi connectivity index (χ4v) is 4.87. The topological polar surface area (TPSA) is 47.4 Å². The van der Waals surface area contributed by atoms with E-state index in [1.54, 1.807) is 0 Å². The summed E-state index contributed by atoms with van der Waals surface area (Å²) in [6, 6.07) is 21.8. The highest BCUT2D eigenvalue weighted by Crippen LogP contribution is 2.34. The lowest BCUT2D eigenvalue weighted by molar-refractivity contribution is -0.117. The third kappa shape index (κ3) is 4.46. The third-order valence-corrected chi connectivity index (χ3v) is 6.31. The van der Waals surface area contributed by atoms with E-state index in [1.165, 1.54) is 11.1 Å². The van der Waals surface area contributed by atoms with Gasteiger partial charge in [0.25, 0.3) is 0 Å². The molecule has 0 radical (unpaired) electrons. The molecular weight excluding hydrogens is 434 g/mol. The second kappa shape index (κ2) is 8.91. The molecule has 4 aromatic rings. The van der Waals surface area contributed by atoms with Crippen LogP contribution in [-0.2, 0) is 11.3 Å². The first-order valence-electron chi connectivity index (χ1n) is 11.2. The molecule has 168 valence electrons. The van der Waals surface area contributed by atoms with Gasteiger partial charge in [-0.1, -0.05) is 35.9 Å². The SMILES string of the molecule is Cc1cc(C)cc(OCCn2c([C@@H]3CC(=O)N(c4cccc(Cl)c4)C3)nc3ccccc32)c1. The quantitative estimate of drug-likeness (QED) is 0.360. The van der Waals surface area contributed by atoms with Crippen LogP contribution in [0.1, 0.15) is 29.3 Å². The van der Waals surface area contributed by atoms with Gasteiger partial charge >= 0.3 is 0 Å². The normalized spacial score (nSPS) is 16.0. The Labute approximate surface area is 198 Å². The predicted octanol–water partition coefficient (Wildman–Crippen LogP) is 5.91. The predicted molar refractivity (Wildman–Crippen MR) is 132 cm³/mol.